The maximum absolute atomic E-state index is 12.0. The Morgan fingerprint density at radius 3 is 2.68 bits per heavy atom. The second-order valence-electron chi connectivity index (χ2n) is 6.12. The number of aryl methyl sites for hydroxylation is 1. The molecule has 0 radical (unpaired) electrons. The summed E-state index contributed by atoms with van der Waals surface area (Å²) in [6.07, 6.45) is 2.02. The number of aromatic nitrogens is 2. The number of aliphatic hydroxyl groups is 1. The lowest BCUT2D eigenvalue weighted by atomic mass is 10.2. The normalized spacial score (nSPS) is 12.1. The molecule has 130 valence electrons. The third-order valence-electron chi connectivity index (χ3n) is 4.02. The molecule has 1 aromatic carbocycles. The molecule has 0 saturated carbocycles. The van der Waals surface area contributed by atoms with Crippen LogP contribution in [0, 0.1) is 6.92 Å². The van der Waals surface area contributed by atoms with Crippen molar-refractivity contribution in [1.82, 2.24) is 14.7 Å². The molecule has 3 rings (SSSR count). The number of hydrogen-bond acceptors (Lipinski definition) is 4. The first-order valence-corrected chi connectivity index (χ1v) is 8.26. The van der Waals surface area contributed by atoms with Crippen molar-refractivity contribution in [2.45, 2.75) is 26.4 Å². The Morgan fingerprint density at radius 2 is 2.00 bits per heavy atom. The zero-order valence-corrected chi connectivity index (χ0v) is 14.4. The van der Waals surface area contributed by atoms with E-state index in [0.29, 0.717) is 12.1 Å². The third-order valence-corrected chi connectivity index (χ3v) is 4.02. The minimum absolute atomic E-state index is 0.0795. The monoisotopic (exact) mass is 338 g/mol. The highest BCUT2D eigenvalue weighted by atomic mass is 16.3. The molecule has 0 aliphatic rings. The molecule has 1 unspecified atom stereocenters. The molecule has 0 bridgehead atoms. The van der Waals surface area contributed by atoms with Crippen molar-refractivity contribution >= 4 is 17.2 Å². The van der Waals surface area contributed by atoms with Crippen molar-refractivity contribution in [3.05, 3.63) is 65.6 Å². The smallest absolute Gasteiger partial charge is 0.251 e. The number of fused-ring (bicyclic) bond motifs is 1. The van der Waals surface area contributed by atoms with E-state index in [9.17, 15) is 4.79 Å². The van der Waals surface area contributed by atoms with Gasteiger partial charge in [-0.1, -0.05) is 6.07 Å². The Labute approximate surface area is 146 Å². The van der Waals surface area contributed by atoms with E-state index in [-0.39, 0.29) is 18.6 Å². The largest absolute Gasteiger partial charge is 0.394 e. The summed E-state index contributed by atoms with van der Waals surface area (Å²) in [5, 5.41) is 15.0. The number of carbonyl (C=O) groups excluding carboxylic acids is 1. The van der Waals surface area contributed by atoms with Gasteiger partial charge in [-0.2, -0.15) is 0 Å². The van der Waals surface area contributed by atoms with Crippen LogP contribution >= 0.6 is 0 Å². The Balaban J connectivity index is 1.63. The van der Waals surface area contributed by atoms with E-state index < -0.39 is 0 Å². The summed E-state index contributed by atoms with van der Waals surface area (Å²) < 4.78 is 2.06. The molecule has 6 heteroatoms. The number of anilines is 1. The molecule has 0 saturated heterocycles. The number of benzene rings is 1. The molecule has 0 spiro atoms. The van der Waals surface area contributed by atoms with E-state index in [1.54, 1.807) is 19.1 Å². The van der Waals surface area contributed by atoms with Crippen molar-refractivity contribution in [2.75, 3.05) is 11.9 Å². The van der Waals surface area contributed by atoms with Gasteiger partial charge >= 0.3 is 0 Å². The van der Waals surface area contributed by atoms with Gasteiger partial charge in [-0.15, -0.1) is 0 Å². The van der Waals surface area contributed by atoms with Gasteiger partial charge in [-0.25, -0.2) is 4.98 Å². The van der Waals surface area contributed by atoms with E-state index in [0.717, 1.165) is 22.7 Å². The van der Waals surface area contributed by atoms with E-state index >= 15 is 0 Å². The molecule has 3 N–H and O–H groups in total. The molecule has 3 aromatic rings. The summed E-state index contributed by atoms with van der Waals surface area (Å²) >= 11 is 0. The molecule has 2 heterocycles. The van der Waals surface area contributed by atoms with Gasteiger partial charge in [-0.05, 0) is 50.2 Å². The van der Waals surface area contributed by atoms with Crippen LogP contribution in [0.15, 0.2) is 48.7 Å². The van der Waals surface area contributed by atoms with Crippen LogP contribution in [-0.4, -0.2) is 33.0 Å². The van der Waals surface area contributed by atoms with Crippen molar-refractivity contribution in [3.63, 3.8) is 0 Å². The maximum atomic E-state index is 12.0. The quantitative estimate of drug-likeness (QED) is 0.645. The Bertz CT molecular complexity index is 871. The zero-order valence-electron chi connectivity index (χ0n) is 14.4. The number of pyridine rings is 1. The average molecular weight is 338 g/mol. The first-order chi connectivity index (χ1) is 12.1. The van der Waals surface area contributed by atoms with Gasteiger partial charge < -0.3 is 20.1 Å². The van der Waals surface area contributed by atoms with Gasteiger partial charge in [0.1, 0.15) is 5.65 Å². The predicted molar refractivity (Wildman–Crippen MR) is 97.7 cm³/mol. The number of imidazole rings is 1. The van der Waals surface area contributed by atoms with Crippen LogP contribution in [0.25, 0.3) is 5.65 Å². The first kappa shape index (κ1) is 17.0. The van der Waals surface area contributed by atoms with Crippen molar-refractivity contribution in [3.8, 4) is 0 Å². The van der Waals surface area contributed by atoms with Gasteiger partial charge in [0.2, 0.25) is 0 Å². The fraction of sp³-hybridized carbons (Fsp3) is 0.263. The molecule has 0 aliphatic carbocycles. The van der Waals surface area contributed by atoms with Crippen LogP contribution in [0.2, 0.25) is 0 Å². The fourth-order valence-corrected chi connectivity index (χ4v) is 2.57. The first-order valence-electron chi connectivity index (χ1n) is 8.26. The summed E-state index contributed by atoms with van der Waals surface area (Å²) in [4.78, 5) is 16.6. The Hall–Kier alpha value is -2.86. The second kappa shape index (κ2) is 7.36. The SMILES string of the molecule is Cc1cccc2nc(CNc3ccc(C(=O)NC(C)CO)cc3)cn12. The van der Waals surface area contributed by atoms with Crippen molar-refractivity contribution < 1.29 is 9.90 Å². The molecule has 1 amide bonds. The van der Waals surface area contributed by atoms with Crippen LogP contribution < -0.4 is 10.6 Å². The molecule has 1 atom stereocenters. The lowest BCUT2D eigenvalue weighted by Crippen LogP contribution is -2.34. The van der Waals surface area contributed by atoms with Gasteiger partial charge in [0.05, 0.1) is 18.8 Å². The van der Waals surface area contributed by atoms with Crippen LogP contribution in [0.5, 0.6) is 0 Å². The molecular formula is C19H22N4O2. The van der Waals surface area contributed by atoms with E-state index in [2.05, 4.69) is 20.0 Å². The number of amides is 1. The average Bonchev–Trinajstić information content (AvgIpc) is 3.05. The molecule has 25 heavy (non-hydrogen) atoms. The van der Waals surface area contributed by atoms with E-state index in [1.807, 2.05) is 43.5 Å². The minimum Gasteiger partial charge on any atom is -0.394 e. The second-order valence-corrected chi connectivity index (χ2v) is 6.12. The minimum atomic E-state index is -0.260. The molecular weight excluding hydrogens is 316 g/mol. The highest BCUT2D eigenvalue weighted by Crippen LogP contribution is 2.13. The van der Waals surface area contributed by atoms with Gasteiger partial charge in [0, 0.05) is 29.2 Å². The number of nitrogens with one attached hydrogen (secondary N) is 2. The van der Waals surface area contributed by atoms with E-state index in [4.69, 9.17) is 5.11 Å². The number of carbonyl (C=O) groups is 1. The topological polar surface area (TPSA) is 78.7 Å². The van der Waals surface area contributed by atoms with E-state index in [1.165, 1.54) is 0 Å². The highest BCUT2D eigenvalue weighted by Gasteiger charge is 2.09. The number of nitrogens with zero attached hydrogens (tertiary/aromatic N) is 2. The van der Waals surface area contributed by atoms with Gasteiger partial charge in [0.15, 0.2) is 0 Å². The fourth-order valence-electron chi connectivity index (χ4n) is 2.57. The summed E-state index contributed by atoms with van der Waals surface area (Å²) in [5.41, 5.74) is 4.51. The Kier molecular flexibility index (Phi) is 5.00. The molecule has 2 aromatic heterocycles. The predicted octanol–water partition coefficient (Wildman–Crippen LogP) is 2.37. The maximum Gasteiger partial charge on any atom is 0.251 e. The van der Waals surface area contributed by atoms with Crippen LogP contribution in [-0.2, 0) is 6.54 Å². The zero-order chi connectivity index (χ0) is 17.8. The number of rotatable bonds is 6. The van der Waals surface area contributed by atoms with Gasteiger partial charge in [0.25, 0.3) is 5.91 Å². The van der Waals surface area contributed by atoms with Crippen LogP contribution in [0.4, 0.5) is 5.69 Å². The standard InChI is InChI=1S/C19H22N4O2/c1-13(12-24)21-19(25)15-6-8-16(9-7-15)20-10-17-11-23-14(2)4-3-5-18(23)22-17/h3-9,11,13,20,24H,10,12H2,1-2H3,(H,21,25). The lowest BCUT2D eigenvalue weighted by Gasteiger charge is -2.11. The summed E-state index contributed by atoms with van der Waals surface area (Å²) in [6, 6.07) is 13.0. The van der Waals surface area contributed by atoms with Crippen LogP contribution in [0.3, 0.4) is 0 Å². The highest BCUT2D eigenvalue weighted by molar-refractivity contribution is 5.94. The lowest BCUT2D eigenvalue weighted by molar-refractivity contribution is 0.0922. The molecule has 0 aliphatic heterocycles. The van der Waals surface area contributed by atoms with Crippen molar-refractivity contribution in [2.24, 2.45) is 0 Å². The Morgan fingerprint density at radius 1 is 1.24 bits per heavy atom. The summed E-state index contributed by atoms with van der Waals surface area (Å²) in [7, 11) is 0. The van der Waals surface area contributed by atoms with Crippen molar-refractivity contribution in [1.29, 1.82) is 0 Å². The van der Waals surface area contributed by atoms with Crippen LogP contribution in [0.1, 0.15) is 28.7 Å². The summed E-state index contributed by atoms with van der Waals surface area (Å²) in [6.45, 7) is 4.33. The molecule has 6 nitrogen and oxygen atoms in total. The van der Waals surface area contributed by atoms with Gasteiger partial charge in [-0.3, -0.25) is 4.79 Å². The number of aliphatic hydroxyl groups excluding tert-OH is 1. The number of hydrogen-bond donors (Lipinski definition) is 3. The third kappa shape index (κ3) is 3.97. The summed E-state index contributed by atoms with van der Waals surface area (Å²) in [5.74, 6) is -0.191. The molecule has 0 fully saturated rings.